The molecule has 3 heterocycles. The van der Waals surface area contributed by atoms with Gasteiger partial charge in [-0.3, -0.25) is 4.79 Å². The van der Waals surface area contributed by atoms with Crippen molar-refractivity contribution < 1.29 is 13.7 Å². The first-order valence-electron chi connectivity index (χ1n) is 8.23. The molecule has 6 nitrogen and oxygen atoms in total. The summed E-state index contributed by atoms with van der Waals surface area (Å²) in [5.41, 5.74) is 1.13. The summed E-state index contributed by atoms with van der Waals surface area (Å²) in [7, 11) is 0. The van der Waals surface area contributed by atoms with Crippen LogP contribution in [-0.4, -0.2) is 34.0 Å². The Kier molecular flexibility index (Phi) is 4.70. The molecule has 0 radical (unpaired) electrons. The van der Waals surface area contributed by atoms with E-state index >= 15 is 0 Å². The highest BCUT2D eigenvalue weighted by Crippen LogP contribution is 2.35. The summed E-state index contributed by atoms with van der Waals surface area (Å²) in [6.45, 7) is 1.25. The molecule has 0 saturated carbocycles. The molecule has 0 aliphatic carbocycles. The van der Waals surface area contributed by atoms with Gasteiger partial charge in [0.25, 0.3) is 5.91 Å². The van der Waals surface area contributed by atoms with Crippen molar-refractivity contribution in [2.24, 2.45) is 0 Å². The summed E-state index contributed by atoms with van der Waals surface area (Å²) in [5, 5.41) is 4.98. The van der Waals surface area contributed by atoms with E-state index in [-0.39, 0.29) is 11.8 Å². The topological polar surface area (TPSA) is 72.4 Å². The van der Waals surface area contributed by atoms with E-state index in [4.69, 9.17) is 32.1 Å². The van der Waals surface area contributed by atoms with E-state index < -0.39 is 0 Å². The zero-order chi connectivity index (χ0) is 18.1. The number of hydrogen-bond donors (Lipinski definition) is 0. The van der Waals surface area contributed by atoms with Gasteiger partial charge in [0.05, 0.1) is 27.4 Å². The lowest BCUT2D eigenvalue weighted by molar-refractivity contribution is 0.0704. The summed E-state index contributed by atoms with van der Waals surface area (Å²) in [6, 6.07) is 6.91. The Morgan fingerprint density at radius 1 is 1.15 bits per heavy atom. The number of hydrogen-bond acceptors (Lipinski definition) is 5. The van der Waals surface area contributed by atoms with Gasteiger partial charge in [-0.1, -0.05) is 34.4 Å². The van der Waals surface area contributed by atoms with Crippen molar-refractivity contribution in [3.05, 3.63) is 58.3 Å². The van der Waals surface area contributed by atoms with Crippen LogP contribution in [0.4, 0.5) is 0 Å². The van der Waals surface area contributed by atoms with Crippen LogP contribution in [0.2, 0.25) is 10.0 Å². The summed E-state index contributed by atoms with van der Waals surface area (Å²) in [5.74, 6) is 1.01. The first-order valence-corrected chi connectivity index (χ1v) is 8.98. The number of nitrogens with zero attached hydrogens (tertiary/aromatic N) is 3. The van der Waals surface area contributed by atoms with Gasteiger partial charge >= 0.3 is 0 Å². The molecule has 8 heteroatoms. The zero-order valence-corrected chi connectivity index (χ0v) is 15.2. The van der Waals surface area contributed by atoms with Crippen LogP contribution in [0.25, 0.3) is 11.4 Å². The molecule has 3 aromatic rings. The van der Waals surface area contributed by atoms with Crippen LogP contribution in [0, 0.1) is 0 Å². The normalized spacial score (nSPS) is 15.4. The van der Waals surface area contributed by atoms with E-state index in [0.717, 1.165) is 12.8 Å². The van der Waals surface area contributed by atoms with Crippen molar-refractivity contribution in [1.29, 1.82) is 0 Å². The molecule has 0 bridgehead atoms. The third kappa shape index (κ3) is 3.22. The molecule has 134 valence electrons. The van der Waals surface area contributed by atoms with Crippen LogP contribution in [0.15, 0.2) is 45.7 Å². The van der Waals surface area contributed by atoms with E-state index in [1.807, 2.05) is 4.90 Å². The summed E-state index contributed by atoms with van der Waals surface area (Å²) in [6.07, 6.45) is 4.47. The van der Waals surface area contributed by atoms with Gasteiger partial charge in [0.15, 0.2) is 0 Å². The third-order valence-corrected chi connectivity index (χ3v) is 5.16. The molecule has 1 fully saturated rings. The molecule has 1 aliphatic heterocycles. The van der Waals surface area contributed by atoms with Crippen LogP contribution in [0.5, 0.6) is 0 Å². The Balaban J connectivity index is 1.46. The van der Waals surface area contributed by atoms with Crippen LogP contribution < -0.4 is 0 Å². The number of halogens is 2. The quantitative estimate of drug-likeness (QED) is 0.649. The fourth-order valence-corrected chi connectivity index (χ4v) is 3.68. The van der Waals surface area contributed by atoms with Crippen molar-refractivity contribution in [2.45, 2.75) is 18.8 Å². The van der Waals surface area contributed by atoms with Crippen LogP contribution in [0.3, 0.4) is 0 Å². The number of piperidine rings is 1. The number of likely N-dealkylation sites (tertiary alicyclic amines) is 1. The molecule has 0 N–H and O–H groups in total. The number of rotatable bonds is 3. The van der Waals surface area contributed by atoms with Crippen molar-refractivity contribution in [3.8, 4) is 11.4 Å². The molecule has 1 aliphatic rings. The first-order chi connectivity index (χ1) is 12.6. The molecule has 1 saturated heterocycles. The minimum Gasteiger partial charge on any atom is -0.472 e. The average molecular weight is 392 g/mol. The summed E-state index contributed by atoms with van der Waals surface area (Å²) < 4.78 is 10.4. The Hall–Kier alpha value is -2.31. The molecule has 0 spiro atoms. The number of carbonyl (C=O) groups is 1. The maximum absolute atomic E-state index is 12.4. The molecule has 1 amide bonds. The van der Waals surface area contributed by atoms with Crippen molar-refractivity contribution in [1.82, 2.24) is 15.0 Å². The molecular weight excluding hydrogens is 377 g/mol. The monoisotopic (exact) mass is 391 g/mol. The van der Waals surface area contributed by atoms with Gasteiger partial charge in [-0.15, -0.1) is 0 Å². The second kappa shape index (κ2) is 7.13. The molecule has 0 unspecified atom stereocenters. The SMILES string of the molecule is O=C(c1ccoc1)N1CCC(c2nc(-c3c(Cl)cccc3Cl)no2)CC1. The maximum atomic E-state index is 12.4. The second-order valence-corrected chi connectivity index (χ2v) is 6.95. The molecule has 2 aromatic heterocycles. The lowest BCUT2D eigenvalue weighted by atomic mass is 9.96. The smallest absolute Gasteiger partial charge is 0.257 e. The largest absolute Gasteiger partial charge is 0.472 e. The highest BCUT2D eigenvalue weighted by molar-refractivity contribution is 6.38. The number of benzene rings is 1. The van der Waals surface area contributed by atoms with Gasteiger partial charge in [0, 0.05) is 19.0 Å². The fourth-order valence-electron chi connectivity index (χ4n) is 3.11. The molecule has 26 heavy (non-hydrogen) atoms. The predicted molar refractivity (Wildman–Crippen MR) is 96.3 cm³/mol. The van der Waals surface area contributed by atoms with Crippen molar-refractivity contribution in [2.75, 3.05) is 13.1 Å². The van der Waals surface area contributed by atoms with Crippen molar-refractivity contribution >= 4 is 29.1 Å². The van der Waals surface area contributed by atoms with Crippen LogP contribution in [-0.2, 0) is 0 Å². The minimum atomic E-state index is -0.0220. The first kappa shape index (κ1) is 17.1. The Bertz CT molecular complexity index is 895. The van der Waals surface area contributed by atoms with Crippen LogP contribution in [0.1, 0.15) is 35.0 Å². The van der Waals surface area contributed by atoms with E-state index in [1.165, 1.54) is 12.5 Å². The standard InChI is InChI=1S/C18H15Cl2N3O3/c19-13-2-1-3-14(20)15(13)16-21-17(26-22-16)11-4-7-23(8-5-11)18(24)12-6-9-25-10-12/h1-3,6,9-11H,4-5,7-8H2. The minimum absolute atomic E-state index is 0.0220. The Morgan fingerprint density at radius 2 is 1.88 bits per heavy atom. The van der Waals surface area contributed by atoms with Gasteiger partial charge in [-0.2, -0.15) is 4.98 Å². The van der Waals surface area contributed by atoms with Gasteiger partial charge in [0.2, 0.25) is 11.7 Å². The van der Waals surface area contributed by atoms with Gasteiger partial charge in [-0.25, -0.2) is 0 Å². The average Bonchev–Trinajstić information content (AvgIpc) is 3.33. The van der Waals surface area contributed by atoms with Gasteiger partial charge in [0.1, 0.15) is 6.26 Å². The third-order valence-electron chi connectivity index (χ3n) is 4.53. The van der Waals surface area contributed by atoms with E-state index in [9.17, 15) is 4.79 Å². The van der Waals surface area contributed by atoms with E-state index in [1.54, 1.807) is 24.3 Å². The van der Waals surface area contributed by atoms with Crippen LogP contribution >= 0.6 is 23.2 Å². The lowest BCUT2D eigenvalue weighted by Gasteiger charge is -2.30. The summed E-state index contributed by atoms with van der Waals surface area (Å²) >= 11 is 12.4. The maximum Gasteiger partial charge on any atom is 0.257 e. The zero-order valence-electron chi connectivity index (χ0n) is 13.7. The summed E-state index contributed by atoms with van der Waals surface area (Å²) in [4.78, 5) is 18.6. The Morgan fingerprint density at radius 3 is 2.54 bits per heavy atom. The predicted octanol–water partition coefficient (Wildman–Crippen LogP) is 4.66. The van der Waals surface area contributed by atoms with Gasteiger partial charge < -0.3 is 13.8 Å². The lowest BCUT2D eigenvalue weighted by Crippen LogP contribution is -2.37. The molecule has 4 rings (SSSR count). The highest BCUT2D eigenvalue weighted by Gasteiger charge is 2.29. The van der Waals surface area contributed by atoms with Crippen molar-refractivity contribution in [3.63, 3.8) is 0 Å². The van der Waals surface area contributed by atoms with E-state index in [0.29, 0.717) is 46.0 Å². The number of carbonyl (C=O) groups excluding carboxylic acids is 1. The molecular formula is C18H15Cl2N3O3. The number of aromatic nitrogens is 2. The van der Waals surface area contributed by atoms with E-state index in [2.05, 4.69) is 10.1 Å². The molecule has 0 atom stereocenters. The molecule has 1 aromatic carbocycles. The fraction of sp³-hybridized carbons (Fsp3) is 0.278. The van der Waals surface area contributed by atoms with Gasteiger partial charge in [-0.05, 0) is 31.0 Å². The number of amides is 1. The second-order valence-electron chi connectivity index (χ2n) is 6.13. The Labute approximate surface area is 159 Å². The number of furan rings is 1. The highest BCUT2D eigenvalue weighted by atomic mass is 35.5.